The van der Waals surface area contributed by atoms with E-state index in [1.54, 1.807) is 7.11 Å². The summed E-state index contributed by atoms with van der Waals surface area (Å²) in [5, 5.41) is 6.79. The molecule has 2 aromatic carbocycles. The molecule has 0 atom stereocenters. The fourth-order valence-electron chi connectivity index (χ4n) is 3.19. The van der Waals surface area contributed by atoms with E-state index in [0.29, 0.717) is 0 Å². The molecule has 0 N–H and O–H groups in total. The molecular weight excluding hydrogens is 390 g/mol. The number of methoxy groups -OCH3 is 1. The molecule has 0 amide bonds. The van der Waals surface area contributed by atoms with Gasteiger partial charge < -0.3 is 4.74 Å². The minimum Gasteiger partial charge on any atom is -0.496 e. The molecule has 0 bridgehead atoms. The maximum atomic E-state index is 5.26. The molecule has 26 heavy (non-hydrogen) atoms. The lowest BCUT2D eigenvalue weighted by atomic mass is 10.1. The van der Waals surface area contributed by atoms with Crippen LogP contribution in [0.2, 0.25) is 0 Å². The van der Waals surface area contributed by atoms with Crippen LogP contribution in [0.3, 0.4) is 0 Å². The number of hydrazone groups is 1. The van der Waals surface area contributed by atoms with Crippen molar-refractivity contribution in [2.75, 3.05) is 33.3 Å². The van der Waals surface area contributed by atoms with Gasteiger partial charge in [-0.3, -0.25) is 9.91 Å². The van der Waals surface area contributed by atoms with E-state index in [0.717, 1.165) is 48.5 Å². The van der Waals surface area contributed by atoms with E-state index in [4.69, 9.17) is 4.74 Å². The van der Waals surface area contributed by atoms with Crippen molar-refractivity contribution in [2.24, 2.45) is 5.10 Å². The monoisotopic (exact) mass is 415 g/mol. The third kappa shape index (κ3) is 4.86. The first kappa shape index (κ1) is 18.9. The highest BCUT2D eigenvalue weighted by molar-refractivity contribution is 9.10. The number of rotatable bonds is 5. The fourth-order valence-corrected chi connectivity index (χ4v) is 3.74. The van der Waals surface area contributed by atoms with Crippen molar-refractivity contribution in [3.8, 4) is 5.75 Å². The number of halogens is 1. The van der Waals surface area contributed by atoms with E-state index < -0.39 is 0 Å². The van der Waals surface area contributed by atoms with Gasteiger partial charge in [0, 0.05) is 32.7 Å². The van der Waals surface area contributed by atoms with Crippen LogP contribution in [0.5, 0.6) is 5.75 Å². The maximum absolute atomic E-state index is 5.26. The lowest BCUT2D eigenvalue weighted by Crippen LogP contribution is -2.43. The summed E-state index contributed by atoms with van der Waals surface area (Å²) in [4.78, 5) is 2.51. The highest BCUT2D eigenvalue weighted by Gasteiger charge is 2.16. The van der Waals surface area contributed by atoms with Crippen molar-refractivity contribution in [3.63, 3.8) is 0 Å². The predicted octanol–water partition coefficient (Wildman–Crippen LogP) is 4.23. The summed E-state index contributed by atoms with van der Waals surface area (Å²) in [7, 11) is 1.67. The van der Waals surface area contributed by atoms with Gasteiger partial charge in [-0.2, -0.15) is 5.10 Å². The van der Waals surface area contributed by atoms with Crippen LogP contribution >= 0.6 is 15.9 Å². The second-order valence-electron chi connectivity index (χ2n) is 6.80. The number of hydrogen-bond acceptors (Lipinski definition) is 4. The Hall–Kier alpha value is -1.85. The van der Waals surface area contributed by atoms with Crippen LogP contribution in [0.15, 0.2) is 46.0 Å². The minimum absolute atomic E-state index is 0.835. The van der Waals surface area contributed by atoms with Crippen molar-refractivity contribution < 1.29 is 4.74 Å². The zero-order valence-electron chi connectivity index (χ0n) is 15.7. The predicted molar refractivity (Wildman–Crippen MR) is 111 cm³/mol. The van der Waals surface area contributed by atoms with E-state index in [1.165, 1.54) is 16.7 Å². The zero-order chi connectivity index (χ0) is 18.5. The van der Waals surface area contributed by atoms with E-state index in [9.17, 15) is 0 Å². The first-order valence-electron chi connectivity index (χ1n) is 8.96. The van der Waals surface area contributed by atoms with E-state index in [2.05, 4.69) is 63.0 Å². The number of aryl methyl sites for hydroxylation is 2. The van der Waals surface area contributed by atoms with Gasteiger partial charge in [-0.1, -0.05) is 23.8 Å². The Labute approximate surface area is 164 Å². The first-order chi connectivity index (χ1) is 12.5. The van der Waals surface area contributed by atoms with Crippen molar-refractivity contribution >= 4 is 22.1 Å². The Morgan fingerprint density at radius 3 is 2.50 bits per heavy atom. The number of nitrogens with zero attached hydrogens (tertiary/aromatic N) is 3. The smallest absolute Gasteiger partial charge is 0.133 e. The molecule has 0 radical (unpaired) electrons. The molecule has 0 saturated carbocycles. The molecule has 138 valence electrons. The second-order valence-corrected chi connectivity index (χ2v) is 7.65. The van der Waals surface area contributed by atoms with Crippen LogP contribution in [-0.4, -0.2) is 49.4 Å². The van der Waals surface area contributed by atoms with Crippen LogP contribution in [0.25, 0.3) is 0 Å². The Bertz CT molecular complexity index is 783. The maximum Gasteiger partial charge on any atom is 0.133 e. The summed E-state index contributed by atoms with van der Waals surface area (Å²) in [5.41, 5.74) is 5.21. The summed E-state index contributed by atoms with van der Waals surface area (Å²) in [5.74, 6) is 0.835. The van der Waals surface area contributed by atoms with Crippen LogP contribution in [0, 0.1) is 13.8 Å². The molecule has 1 heterocycles. The Morgan fingerprint density at radius 1 is 1.08 bits per heavy atom. The SMILES string of the molecule is COc1ccc(/C=N/N2CCN(Cc3ccc(C)cc3C)CC2)cc1Br. The average Bonchev–Trinajstić information content (AvgIpc) is 2.63. The highest BCUT2D eigenvalue weighted by Crippen LogP contribution is 2.25. The number of ether oxygens (including phenoxy) is 1. The average molecular weight is 416 g/mol. The zero-order valence-corrected chi connectivity index (χ0v) is 17.3. The van der Waals surface area contributed by atoms with Gasteiger partial charge in [0.25, 0.3) is 0 Å². The van der Waals surface area contributed by atoms with Gasteiger partial charge in [0.15, 0.2) is 0 Å². The fraction of sp³-hybridized carbons (Fsp3) is 0.381. The summed E-state index contributed by atoms with van der Waals surface area (Å²) < 4.78 is 6.21. The molecule has 2 aromatic rings. The van der Waals surface area contributed by atoms with Gasteiger partial charge in [0.2, 0.25) is 0 Å². The molecule has 1 fully saturated rings. The molecule has 0 spiro atoms. The summed E-state index contributed by atoms with van der Waals surface area (Å²) in [6, 6.07) is 12.7. The molecule has 3 rings (SSSR count). The summed E-state index contributed by atoms with van der Waals surface area (Å²) in [6.07, 6.45) is 1.92. The Kier molecular flexibility index (Phi) is 6.33. The van der Waals surface area contributed by atoms with Gasteiger partial charge >= 0.3 is 0 Å². The number of piperazine rings is 1. The molecular formula is C21H26BrN3O. The van der Waals surface area contributed by atoms with Crippen molar-refractivity contribution in [1.29, 1.82) is 0 Å². The third-order valence-corrected chi connectivity index (χ3v) is 5.41. The molecule has 1 aliphatic rings. The van der Waals surface area contributed by atoms with Crippen LogP contribution in [-0.2, 0) is 6.54 Å². The van der Waals surface area contributed by atoms with Crippen molar-refractivity contribution in [3.05, 3.63) is 63.1 Å². The summed E-state index contributed by atoms with van der Waals surface area (Å²) >= 11 is 3.52. The minimum atomic E-state index is 0.835. The Morgan fingerprint density at radius 2 is 1.85 bits per heavy atom. The standard InChI is InChI=1S/C21H26BrN3O/c1-16-4-6-19(17(2)12-16)15-24-8-10-25(11-9-24)23-14-18-5-7-21(26-3)20(22)13-18/h4-7,12-14H,8-11,15H2,1-3H3/b23-14+. The quantitative estimate of drug-likeness (QED) is 0.683. The molecule has 5 heteroatoms. The van der Waals surface area contributed by atoms with Crippen molar-refractivity contribution in [2.45, 2.75) is 20.4 Å². The molecule has 1 aliphatic heterocycles. The van der Waals surface area contributed by atoms with Crippen molar-refractivity contribution in [1.82, 2.24) is 9.91 Å². The first-order valence-corrected chi connectivity index (χ1v) is 9.75. The molecule has 0 aromatic heterocycles. The van der Waals surface area contributed by atoms with Gasteiger partial charge in [0.1, 0.15) is 5.75 Å². The van der Waals surface area contributed by atoms with Crippen LogP contribution in [0.1, 0.15) is 22.3 Å². The number of benzene rings is 2. The third-order valence-electron chi connectivity index (χ3n) is 4.79. The van der Waals surface area contributed by atoms with Gasteiger partial charge in [0.05, 0.1) is 17.8 Å². The van der Waals surface area contributed by atoms with E-state index >= 15 is 0 Å². The van der Waals surface area contributed by atoms with Gasteiger partial charge in [-0.25, -0.2) is 0 Å². The normalized spacial score (nSPS) is 15.6. The van der Waals surface area contributed by atoms with Crippen LogP contribution in [0.4, 0.5) is 0 Å². The van der Waals surface area contributed by atoms with Crippen LogP contribution < -0.4 is 4.74 Å². The van der Waals surface area contributed by atoms with E-state index in [1.807, 2.05) is 24.4 Å². The molecule has 0 unspecified atom stereocenters. The largest absolute Gasteiger partial charge is 0.496 e. The number of hydrogen-bond donors (Lipinski definition) is 0. The topological polar surface area (TPSA) is 28.1 Å². The van der Waals surface area contributed by atoms with Gasteiger partial charge in [-0.15, -0.1) is 0 Å². The Balaban J connectivity index is 1.52. The van der Waals surface area contributed by atoms with Gasteiger partial charge in [-0.05, 0) is 64.7 Å². The molecule has 1 saturated heterocycles. The van der Waals surface area contributed by atoms with E-state index in [-0.39, 0.29) is 0 Å². The summed E-state index contributed by atoms with van der Waals surface area (Å²) in [6.45, 7) is 9.37. The lowest BCUT2D eigenvalue weighted by molar-refractivity contribution is 0.131. The second kappa shape index (κ2) is 8.69. The highest BCUT2D eigenvalue weighted by atomic mass is 79.9. The molecule has 0 aliphatic carbocycles. The molecule has 4 nitrogen and oxygen atoms in total. The lowest BCUT2D eigenvalue weighted by Gasteiger charge is -2.33.